The molecule has 0 saturated carbocycles. The van der Waals surface area contributed by atoms with E-state index in [2.05, 4.69) is 37.1 Å². The molecule has 0 aromatic heterocycles. The molecule has 1 saturated heterocycles. The van der Waals surface area contributed by atoms with Crippen LogP contribution in [0.2, 0.25) is 0 Å². The first-order valence-corrected chi connectivity index (χ1v) is 11.7. The number of carbonyl (C=O) groups excluding carboxylic acids is 2. The normalized spacial score (nSPS) is 14.7. The van der Waals surface area contributed by atoms with E-state index in [-0.39, 0.29) is 24.7 Å². The van der Waals surface area contributed by atoms with Gasteiger partial charge in [0.05, 0.1) is 0 Å². The van der Waals surface area contributed by atoms with E-state index in [1.54, 1.807) is 0 Å². The molecule has 1 aliphatic rings. The van der Waals surface area contributed by atoms with Crippen molar-refractivity contribution >= 4 is 29.3 Å². The highest BCUT2D eigenvalue weighted by molar-refractivity contribution is 7.99. The first-order valence-electron chi connectivity index (χ1n) is 10.5. The third kappa shape index (κ3) is 7.13. The average Bonchev–Trinajstić information content (AvgIpc) is 2.70. The van der Waals surface area contributed by atoms with Crippen molar-refractivity contribution in [2.24, 2.45) is 0 Å². The molecule has 0 bridgehead atoms. The van der Waals surface area contributed by atoms with Crippen molar-refractivity contribution in [2.75, 3.05) is 43.0 Å². The van der Waals surface area contributed by atoms with E-state index >= 15 is 0 Å². The van der Waals surface area contributed by atoms with Gasteiger partial charge in [-0.1, -0.05) is 26.0 Å². The Morgan fingerprint density at radius 2 is 1.79 bits per heavy atom. The molecule has 1 heterocycles. The number of hydrogen-bond acceptors (Lipinski definition) is 4. The van der Waals surface area contributed by atoms with Crippen LogP contribution in [0, 0.1) is 6.92 Å². The molecule has 0 radical (unpaired) electrons. The second-order valence-electron chi connectivity index (χ2n) is 7.41. The Bertz CT molecular complexity index is 639. The summed E-state index contributed by atoms with van der Waals surface area (Å²) in [5.74, 6) is 2.37. The van der Waals surface area contributed by atoms with Crippen LogP contribution in [-0.4, -0.2) is 59.3 Å². The van der Waals surface area contributed by atoms with Gasteiger partial charge in [-0.3, -0.25) is 14.5 Å². The van der Waals surface area contributed by atoms with Crippen LogP contribution in [0.3, 0.4) is 0 Å². The average molecular weight is 406 g/mol. The van der Waals surface area contributed by atoms with Crippen LogP contribution in [0.5, 0.6) is 0 Å². The van der Waals surface area contributed by atoms with E-state index in [0.29, 0.717) is 0 Å². The number of nitrogens with zero attached hydrogens (tertiary/aromatic N) is 2. The van der Waals surface area contributed by atoms with Crippen molar-refractivity contribution in [1.82, 2.24) is 9.80 Å². The summed E-state index contributed by atoms with van der Waals surface area (Å²) in [4.78, 5) is 29.1. The highest BCUT2D eigenvalue weighted by atomic mass is 32.2. The SMILES string of the molecule is CCCN(CCC)C(=O)CCC(=O)Nc1cccc(CN2CCSCC2)c1C. The van der Waals surface area contributed by atoms with Gasteiger partial charge in [0.2, 0.25) is 11.8 Å². The summed E-state index contributed by atoms with van der Waals surface area (Å²) in [6.45, 7) is 10.9. The van der Waals surface area contributed by atoms with Gasteiger partial charge in [-0.25, -0.2) is 0 Å². The molecule has 1 aromatic rings. The lowest BCUT2D eigenvalue weighted by molar-refractivity contribution is -0.132. The molecule has 1 N–H and O–H groups in total. The Labute approximate surface area is 174 Å². The van der Waals surface area contributed by atoms with Crippen molar-refractivity contribution in [3.05, 3.63) is 29.3 Å². The minimum absolute atomic E-state index is 0.0762. The van der Waals surface area contributed by atoms with Gasteiger partial charge in [0.1, 0.15) is 0 Å². The van der Waals surface area contributed by atoms with Crippen molar-refractivity contribution in [1.29, 1.82) is 0 Å². The molecule has 0 atom stereocenters. The molecule has 28 heavy (non-hydrogen) atoms. The Morgan fingerprint density at radius 1 is 1.11 bits per heavy atom. The second kappa shape index (κ2) is 12.1. The van der Waals surface area contributed by atoms with Crippen molar-refractivity contribution < 1.29 is 9.59 Å². The molecule has 0 aliphatic carbocycles. The van der Waals surface area contributed by atoms with Crippen molar-refractivity contribution in [3.63, 3.8) is 0 Å². The zero-order valence-corrected chi connectivity index (χ0v) is 18.4. The predicted octanol–water partition coefficient (Wildman–Crippen LogP) is 3.91. The minimum atomic E-state index is -0.0871. The fourth-order valence-electron chi connectivity index (χ4n) is 3.48. The molecule has 156 valence electrons. The quantitative estimate of drug-likeness (QED) is 0.641. The molecular weight excluding hydrogens is 370 g/mol. The first kappa shape index (κ1) is 22.8. The van der Waals surface area contributed by atoms with Gasteiger partial charge in [0.15, 0.2) is 0 Å². The Kier molecular flexibility index (Phi) is 9.85. The van der Waals surface area contributed by atoms with E-state index in [1.165, 1.54) is 17.1 Å². The van der Waals surface area contributed by atoms with E-state index in [0.717, 1.165) is 56.8 Å². The van der Waals surface area contributed by atoms with E-state index in [9.17, 15) is 9.59 Å². The highest BCUT2D eigenvalue weighted by Crippen LogP contribution is 2.22. The van der Waals surface area contributed by atoms with Gasteiger partial charge >= 0.3 is 0 Å². The standard InChI is InChI=1S/C22H35N3O2S/c1-4-11-25(12-5-2)22(27)10-9-21(26)23-20-8-6-7-19(18(20)3)17-24-13-15-28-16-14-24/h6-8H,4-5,9-17H2,1-3H3,(H,23,26). The summed E-state index contributed by atoms with van der Waals surface area (Å²) < 4.78 is 0. The van der Waals surface area contributed by atoms with Crippen LogP contribution in [-0.2, 0) is 16.1 Å². The molecular formula is C22H35N3O2S. The molecule has 0 unspecified atom stereocenters. The Hall–Kier alpha value is -1.53. The van der Waals surface area contributed by atoms with E-state index in [4.69, 9.17) is 0 Å². The fraction of sp³-hybridized carbons (Fsp3) is 0.636. The van der Waals surface area contributed by atoms with Crippen LogP contribution in [0.4, 0.5) is 5.69 Å². The van der Waals surface area contributed by atoms with Crippen LogP contribution in [0.15, 0.2) is 18.2 Å². The van der Waals surface area contributed by atoms with Crippen LogP contribution in [0.25, 0.3) is 0 Å². The maximum atomic E-state index is 12.4. The molecule has 0 spiro atoms. The second-order valence-corrected chi connectivity index (χ2v) is 8.63. The number of hydrogen-bond donors (Lipinski definition) is 1. The third-order valence-corrected chi connectivity index (χ3v) is 6.07. The summed E-state index contributed by atoms with van der Waals surface area (Å²) in [6, 6.07) is 6.10. The topological polar surface area (TPSA) is 52.7 Å². The zero-order valence-electron chi connectivity index (χ0n) is 17.6. The summed E-state index contributed by atoms with van der Waals surface area (Å²) >= 11 is 2.01. The molecule has 6 heteroatoms. The fourth-order valence-corrected chi connectivity index (χ4v) is 4.46. The maximum Gasteiger partial charge on any atom is 0.224 e. The number of rotatable bonds is 10. The summed E-state index contributed by atoms with van der Waals surface area (Å²) in [7, 11) is 0. The van der Waals surface area contributed by atoms with Gasteiger partial charge in [-0.05, 0) is 37.0 Å². The number of carbonyl (C=O) groups is 2. The molecule has 1 fully saturated rings. The van der Waals surface area contributed by atoms with Crippen LogP contribution < -0.4 is 5.32 Å². The molecule has 2 rings (SSSR count). The van der Waals surface area contributed by atoms with Crippen molar-refractivity contribution in [2.45, 2.75) is 53.0 Å². The van der Waals surface area contributed by atoms with Gasteiger partial charge in [-0.2, -0.15) is 11.8 Å². The highest BCUT2D eigenvalue weighted by Gasteiger charge is 2.16. The summed E-state index contributed by atoms with van der Waals surface area (Å²) in [5, 5.41) is 3.01. The zero-order chi connectivity index (χ0) is 20.4. The number of amides is 2. The Morgan fingerprint density at radius 3 is 2.43 bits per heavy atom. The lowest BCUT2D eigenvalue weighted by Crippen LogP contribution is -2.33. The molecule has 1 aromatic carbocycles. The number of benzene rings is 1. The number of nitrogens with one attached hydrogen (secondary N) is 1. The largest absolute Gasteiger partial charge is 0.343 e. The minimum Gasteiger partial charge on any atom is -0.343 e. The number of anilines is 1. The third-order valence-electron chi connectivity index (χ3n) is 5.12. The van der Waals surface area contributed by atoms with Crippen LogP contribution >= 0.6 is 11.8 Å². The molecule has 5 nitrogen and oxygen atoms in total. The Balaban J connectivity index is 1.89. The summed E-state index contributed by atoms with van der Waals surface area (Å²) in [6.07, 6.45) is 2.39. The molecule has 2 amide bonds. The van der Waals surface area contributed by atoms with Crippen molar-refractivity contribution in [3.8, 4) is 0 Å². The van der Waals surface area contributed by atoms with Crippen LogP contribution in [0.1, 0.15) is 50.7 Å². The molecule has 1 aliphatic heterocycles. The smallest absolute Gasteiger partial charge is 0.224 e. The van der Waals surface area contributed by atoms with E-state index in [1.807, 2.05) is 28.8 Å². The van der Waals surface area contributed by atoms with Gasteiger partial charge in [0.25, 0.3) is 0 Å². The monoisotopic (exact) mass is 405 g/mol. The van der Waals surface area contributed by atoms with Gasteiger partial charge in [-0.15, -0.1) is 0 Å². The predicted molar refractivity (Wildman–Crippen MR) is 119 cm³/mol. The maximum absolute atomic E-state index is 12.4. The van der Waals surface area contributed by atoms with Gasteiger partial charge in [0, 0.05) is 62.8 Å². The lowest BCUT2D eigenvalue weighted by Gasteiger charge is -2.27. The lowest BCUT2D eigenvalue weighted by atomic mass is 10.1. The van der Waals surface area contributed by atoms with E-state index < -0.39 is 0 Å². The number of thioether (sulfide) groups is 1. The van der Waals surface area contributed by atoms with Gasteiger partial charge < -0.3 is 10.2 Å². The first-order chi connectivity index (χ1) is 13.5. The summed E-state index contributed by atoms with van der Waals surface area (Å²) in [5.41, 5.74) is 3.25.